The van der Waals surface area contributed by atoms with Crippen molar-refractivity contribution in [2.75, 3.05) is 6.54 Å². The molecule has 9 heteroatoms. The number of aryl methyl sites for hydroxylation is 1. The number of nitriles is 1. The van der Waals surface area contributed by atoms with Crippen molar-refractivity contribution in [3.05, 3.63) is 23.2 Å². The summed E-state index contributed by atoms with van der Waals surface area (Å²) in [5.41, 5.74) is -0.269. The summed E-state index contributed by atoms with van der Waals surface area (Å²) in [6, 6.07) is 2.52. The van der Waals surface area contributed by atoms with Gasteiger partial charge in [-0.15, -0.1) is 0 Å². The Morgan fingerprint density at radius 3 is 2.42 bits per heavy atom. The number of carbonyl (C=O) groups is 1. The van der Waals surface area contributed by atoms with Crippen molar-refractivity contribution < 1.29 is 31.2 Å². The zero-order chi connectivity index (χ0) is 14.8. The van der Waals surface area contributed by atoms with Gasteiger partial charge in [-0.05, 0) is 6.92 Å². The first-order valence-corrected chi connectivity index (χ1v) is 4.82. The topological polar surface area (TPSA) is 66.0 Å². The van der Waals surface area contributed by atoms with Crippen LogP contribution in [0.25, 0.3) is 0 Å². The highest BCUT2D eigenvalue weighted by Gasteiger charge is 2.57. The second-order valence-electron chi connectivity index (χ2n) is 3.58. The first kappa shape index (κ1) is 14.9. The lowest BCUT2D eigenvalue weighted by Crippen LogP contribution is -2.46. The fourth-order valence-electron chi connectivity index (χ4n) is 1.15. The number of alkyl halides is 5. The van der Waals surface area contributed by atoms with Gasteiger partial charge in [0.05, 0.1) is 12.1 Å². The number of hydrogen-bond acceptors (Lipinski definition) is 3. The van der Waals surface area contributed by atoms with Crippen molar-refractivity contribution in [2.45, 2.75) is 19.0 Å². The average molecular weight is 282 g/mol. The number of halogens is 5. The van der Waals surface area contributed by atoms with Crippen LogP contribution in [-0.4, -0.2) is 24.6 Å². The Hall–Kier alpha value is -2.11. The molecule has 104 valence electrons. The van der Waals surface area contributed by atoms with Gasteiger partial charge in [-0.2, -0.15) is 27.2 Å². The quantitative estimate of drug-likeness (QED) is 0.865. The molecule has 19 heavy (non-hydrogen) atoms. The number of hydrogen-bond donors (Lipinski definition) is 1. The molecule has 4 nitrogen and oxygen atoms in total. The molecule has 0 aliphatic heterocycles. The molecule has 0 spiro atoms. The maximum absolute atomic E-state index is 12.6. The van der Waals surface area contributed by atoms with Gasteiger partial charge < -0.3 is 9.73 Å². The van der Waals surface area contributed by atoms with E-state index in [4.69, 9.17) is 9.68 Å². The van der Waals surface area contributed by atoms with Crippen LogP contribution in [0.5, 0.6) is 0 Å². The van der Waals surface area contributed by atoms with E-state index < -0.39 is 24.6 Å². The molecule has 1 aromatic rings. The van der Waals surface area contributed by atoms with Crippen LogP contribution in [0.4, 0.5) is 22.0 Å². The molecule has 1 N–H and O–H groups in total. The Morgan fingerprint density at radius 1 is 1.42 bits per heavy atom. The van der Waals surface area contributed by atoms with Crippen molar-refractivity contribution in [1.82, 2.24) is 5.32 Å². The first-order valence-electron chi connectivity index (χ1n) is 4.82. The Labute approximate surface area is 103 Å². The predicted molar refractivity (Wildman–Crippen MR) is 51.5 cm³/mol. The summed E-state index contributed by atoms with van der Waals surface area (Å²) in [5, 5.41) is 9.92. The molecule has 1 heterocycles. The van der Waals surface area contributed by atoms with E-state index in [-0.39, 0.29) is 17.1 Å². The largest absolute Gasteiger partial charge is 0.455 e. The standard InChI is InChI=1S/C10H7F5N2O2/c1-5-7(2-6(3-16)19-5)8(18)17-4-9(11,12)10(13,14)15/h2H,4H2,1H3,(H,17,18). The number of carbonyl (C=O) groups excluding carboxylic acids is 1. The van der Waals surface area contributed by atoms with Crippen LogP contribution in [0, 0.1) is 18.3 Å². The third-order valence-electron chi connectivity index (χ3n) is 2.16. The molecule has 0 aliphatic rings. The zero-order valence-corrected chi connectivity index (χ0v) is 9.44. The van der Waals surface area contributed by atoms with Gasteiger partial charge in [0.25, 0.3) is 5.91 Å². The minimum Gasteiger partial charge on any atom is -0.450 e. The monoisotopic (exact) mass is 282 g/mol. The van der Waals surface area contributed by atoms with E-state index in [0.29, 0.717) is 0 Å². The maximum Gasteiger partial charge on any atom is 0.455 e. The Balaban J connectivity index is 2.77. The van der Waals surface area contributed by atoms with Crippen molar-refractivity contribution in [2.24, 2.45) is 0 Å². The molecule has 1 aromatic heterocycles. The van der Waals surface area contributed by atoms with E-state index in [1.54, 1.807) is 6.07 Å². The molecule has 0 unspecified atom stereocenters. The number of furan rings is 1. The average Bonchev–Trinajstić information content (AvgIpc) is 2.66. The third kappa shape index (κ3) is 3.21. The minimum atomic E-state index is -5.75. The SMILES string of the molecule is Cc1oc(C#N)cc1C(=O)NCC(F)(F)C(F)(F)F. The Kier molecular flexibility index (Phi) is 3.83. The van der Waals surface area contributed by atoms with Crippen LogP contribution in [0.2, 0.25) is 0 Å². The predicted octanol–water partition coefficient (Wildman–Crippen LogP) is 2.39. The van der Waals surface area contributed by atoms with E-state index in [9.17, 15) is 26.7 Å². The molecule has 0 aliphatic carbocycles. The van der Waals surface area contributed by atoms with Gasteiger partial charge in [-0.1, -0.05) is 0 Å². The molecule has 0 saturated heterocycles. The van der Waals surface area contributed by atoms with Crippen molar-refractivity contribution in [3.8, 4) is 6.07 Å². The lowest BCUT2D eigenvalue weighted by atomic mass is 10.2. The maximum atomic E-state index is 12.6. The van der Waals surface area contributed by atoms with Gasteiger partial charge >= 0.3 is 12.1 Å². The van der Waals surface area contributed by atoms with Crippen LogP contribution in [0.1, 0.15) is 21.9 Å². The fourth-order valence-corrected chi connectivity index (χ4v) is 1.15. The molecule has 0 aromatic carbocycles. The van der Waals surface area contributed by atoms with Gasteiger partial charge in [0.2, 0.25) is 5.76 Å². The van der Waals surface area contributed by atoms with E-state index in [1.165, 1.54) is 12.2 Å². The summed E-state index contributed by atoms with van der Waals surface area (Å²) < 4.78 is 65.5. The molecular weight excluding hydrogens is 275 g/mol. The van der Waals surface area contributed by atoms with E-state index in [0.717, 1.165) is 6.07 Å². The molecule has 0 saturated carbocycles. The molecule has 1 rings (SSSR count). The second-order valence-corrected chi connectivity index (χ2v) is 3.58. The van der Waals surface area contributed by atoms with Gasteiger partial charge in [-0.3, -0.25) is 4.79 Å². The first-order chi connectivity index (χ1) is 8.58. The van der Waals surface area contributed by atoms with Crippen molar-refractivity contribution in [1.29, 1.82) is 5.26 Å². The molecule has 0 radical (unpaired) electrons. The third-order valence-corrected chi connectivity index (χ3v) is 2.16. The van der Waals surface area contributed by atoms with E-state index in [2.05, 4.69) is 0 Å². The lowest BCUT2D eigenvalue weighted by Gasteiger charge is -2.19. The highest BCUT2D eigenvalue weighted by atomic mass is 19.4. The van der Waals surface area contributed by atoms with Crippen LogP contribution in [0.15, 0.2) is 10.5 Å². The van der Waals surface area contributed by atoms with E-state index in [1.807, 2.05) is 0 Å². The number of rotatable bonds is 3. The fraction of sp³-hybridized carbons (Fsp3) is 0.400. The molecule has 0 fully saturated rings. The molecular formula is C10H7F5N2O2. The normalized spacial score (nSPS) is 12.1. The minimum absolute atomic E-state index is 0.0515. The highest BCUT2D eigenvalue weighted by Crippen LogP contribution is 2.34. The van der Waals surface area contributed by atoms with Crippen LogP contribution in [-0.2, 0) is 0 Å². The van der Waals surface area contributed by atoms with Crippen LogP contribution >= 0.6 is 0 Å². The van der Waals surface area contributed by atoms with Crippen molar-refractivity contribution >= 4 is 5.91 Å². The van der Waals surface area contributed by atoms with Gasteiger partial charge in [-0.25, -0.2) is 0 Å². The summed E-state index contributed by atoms with van der Waals surface area (Å²) >= 11 is 0. The molecule has 1 amide bonds. The van der Waals surface area contributed by atoms with Crippen LogP contribution in [0.3, 0.4) is 0 Å². The second kappa shape index (κ2) is 4.87. The molecule has 0 atom stereocenters. The van der Waals surface area contributed by atoms with E-state index >= 15 is 0 Å². The highest BCUT2D eigenvalue weighted by molar-refractivity contribution is 5.95. The van der Waals surface area contributed by atoms with Crippen LogP contribution < -0.4 is 5.32 Å². The summed E-state index contributed by atoms with van der Waals surface area (Å²) in [7, 11) is 0. The van der Waals surface area contributed by atoms with Gasteiger partial charge in [0.1, 0.15) is 11.8 Å². The zero-order valence-electron chi connectivity index (χ0n) is 9.44. The van der Waals surface area contributed by atoms with Gasteiger partial charge in [0, 0.05) is 6.07 Å². The summed E-state index contributed by atoms with van der Waals surface area (Å²) in [6.45, 7) is -0.612. The molecule has 0 bridgehead atoms. The number of nitrogens with zero attached hydrogens (tertiary/aromatic N) is 1. The number of nitrogens with one attached hydrogen (secondary N) is 1. The lowest BCUT2D eigenvalue weighted by molar-refractivity contribution is -0.278. The van der Waals surface area contributed by atoms with Gasteiger partial charge in [0.15, 0.2) is 0 Å². The number of amides is 1. The Morgan fingerprint density at radius 2 is 2.00 bits per heavy atom. The Bertz CT molecular complexity index is 527. The summed E-state index contributed by atoms with van der Waals surface area (Å²) in [5.74, 6) is -6.50. The van der Waals surface area contributed by atoms with Crippen molar-refractivity contribution in [3.63, 3.8) is 0 Å². The smallest absolute Gasteiger partial charge is 0.450 e. The summed E-state index contributed by atoms with van der Waals surface area (Å²) in [6.07, 6.45) is -5.75. The summed E-state index contributed by atoms with van der Waals surface area (Å²) in [4.78, 5) is 11.4.